The molecule has 0 aliphatic heterocycles. The van der Waals surface area contributed by atoms with E-state index in [2.05, 4.69) is 13.8 Å². The molecule has 0 aliphatic rings. The topological polar surface area (TPSA) is 61.5 Å². The molecule has 0 aromatic carbocycles. The molecule has 0 unspecified atom stereocenters. The van der Waals surface area contributed by atoms with Crippen molar-refractivity contribution < 1.29 is 14.3 Å². The number of esters is 1. The van der Waals surface area contributed by atoms with E-state index in [9.17, 15) is 4.79 Å². The number of carbonyl (C=O) groups is 1. The van der Waals surface area contributed by atoms with Crippen molar-refractivity contribution in [3.05, 3.63) is 0 Å². The summed E-state index contributed by atoms with van der Waals surface area (Å²) in [5, 5.41) is 0. The van der Waals surface area contributed by atoms with Crippen LogP contribution in [0.15, 0.2) is 0 Å². The summed E-state index contributed by atoms with van der Waals surface area (Å²) in [6.45, 7) is 16.0. The van der Waals surface area contributed by atoms with Crippen LogP contribution in [0.3, 0.4) is 0 Å². The maximum Gasteiger partial charge on any atom is 0.312 e. The molecule has 20 heavy (non-hydrogen) atoms. The van der Waals surface area contributed by atoms with Gasteiger partial charge in [-0.1, -0.05) is 13.8 Å². The van der Waals surface area contributed by atoms with Gasteiger partial charge in [-0.15, -0.1) is 0 Å². The second-order valence-corrected chi connectivity index (χ2v) is 7.88. The van der Waals surface area contributed by atoms with Crippen molar-refractivity contribution in [3.8, 4) is 0 Å². The maximum absolute atomic E-state index is 12.4. The Kier molecular flexibility index (Phi) is 6.69. The Morgan fingerprint density at radius 3 is 1.95 bits per heavy atom. The van der Waals surface area contributed by atoms with Crippen LogP contribution < -0.4 is 5.73 Å². The molecule has 0 radical (unpaired) electrons. The molecule has 4 nitrogen and oxygen atoms in total. The lowest BCUT2D eigenvalue weighted by atomic mass is 9.81. The van der Waals surface area contributed by atoms with Gasteiger partial charge < -0.3 is 15.2 Å². The van der Waals surface area contributed by atoms with Crippen LogP contribution in [-0.4, -0.2) is 23.9 Å². The highest BCUT2D eigenvalue weighted by Gasteiger charge is 2.39. The Hall–Kier alpha value is -0.610. The second kappa shape index (κ2) is 6.90. The molecule has 0 saturated heterocycles. The Labute approximate surface area is 124 Å². The monoisotopic (exact) mass is 287 g/mol. The summed E-state index contributed by atoms with van der Waals surface area (Å²) in [4.78, 5) is 12.4. The van der Waals surface area contributed by atoms with Crippen LogP contribution >= 0.6 is 0 Å². The Morgan fingerprint density at radius 2 is 1.55 bits per heavy atom. The summed E-state index contributed by atoms with van der Waals surface area (Å²) in [6.07, 6.45) is 1.41. The third kappa shape index (κ3) is 7.25. The molecule has 0 amide bonds. The minimum Gasteiger partial charge on any atom is -0.459 e. The van der Waals surface area contributed by atoms with Crippen LogP contribution in [0.1, 0.15) is 68.2 Å². The molecule has 0 spiro atoms. The van der Waals surface area contributed by atoms with E-state index in [-0.39, 0.29) is 12.7 Å². The zero-order valence-electron chi connectivity index (χ0n) is 14.5. The number of hydrogen-bond acceptors (Lipinski definition) is 4. The third-order valence-corrected chi connectivity index (χ3v) is 3.16. The molecular formula is C16H33NO3. The van der Waals surface area contributed by atoms with E-state index in [1.165, 1.54) is 0 Å². The van der Waals surface area contributed by atoms with Crippen molar-refractivity contribution >= 4 is 5.97 Å². The summed E-state index contributed by atoms with van der Waals surface area (Å²) in [6, 6.07) is 0. The zero-order valence-corrected chi connectivity index (χ0v) is 14.5. The molecule has 0 aromatic rings. The van der Waals surface area contributed by atoms with Gasteiger partial charge in [0.1, 0.15) is 5.60 Å². The van der Waals surface area contributed by atoms with Gasteiger partial charge in [-0.05, 0) is 60.3 Å². The van der Waals surface area contributed by atoms with Crippen LogP contribution in [0.4, 0.5) is 0 Å². The Balaban J connectivity index is 4.74. The van der Waals surface area contributed by atoms with Gasteiger partial charge >= 0.3 is 5.97 Å². The van der Waals surface area contributed by atoms with Crippen molar-refractivity contribution in [3.63, 3.8) is 0 Å². The highest BCUT2D eigenvalue weighted by atomic mass is 16.6. The molecule has 4 heteroatoms. The average Bonchev–Trinajstić information content (AvgIpc) is 2.11. The lowest BCUT2D eigenvalue weighted by molar-refractivity contribution is -0.173. The average molecular weight is 287 g/mol. The number of carbonyl (C=O) groups excluding carboxylic acids is 1. The van der Waals surface area contributed by atoms with Crippen molar-refractivity contribution in [2.75, 3.05) is 6.73 Å². The van der Waals surface area contributed by atoms with Crippen LogP contribution in [0, 0.1) is 11.3 Å². The van der Waals surface area contributed by atoms with Gasteiger partial charge in [-0.25, -0.2) is 0 Å². The van der Waals surface area contributed by atoms with Crippen molar-refractivity contribution in [1.29, 1.82) is 0 Å². The normalized spacial score (nSPS) is 13.7. The van der Waals surface area contributed by atoms with Crippen LogP contribution in [-0.2, 0) is 14.3 Å². The van der Waals surface area contributed by atoms with Gasteiger partial charge in [0, 0.05) is 0 Å². The van der Waals surface area contributed by atoms with E-state index in [1.807, 2.05) is 41.5 Å². The van der Waals surface area contributed by atoms with Gasteiger partial charge in [0.2, 0.25) is 0 Å². The fraction of sp³-hybridized carbons (Fsp3) is 0.938. The smallest absolute Gasteiger partial charge is 0.312 e. The summed E-state index contributed by atoms with van der Waals surface area (Å²) in [7, 11) is 0. The molecule has 0 saturated carbocycles. The van der Waals surface area contributed by atoms with E-state index in [0.29, 0.717) is 12.3 Å². The summed E-state index contributed by atoms with van der Waals surface area (Å²) < 4.78 is 11.2. The van der Waals surface area contributed by atoms with Gasteiger partial charge in [-0.3, -0.25) is 4.79 Å². The van der Waals surface area contributed by atoms with Crippen molar-refractivity contribution in [2.24, 2.45) is 17.1 Å². The first-order valence-corrected chi connectivity index (χ1v) is 7.39. The predicted octanol–water partition coefficient (Wildman–Crippen LogP) is 3.48. The molecule has 0 fully saturated rings. The molecule has 0 aromatic heterocycles. The molecule has 0 rings (SSSR count). The number of rotatable bonds is 8. The number of nitrogens with two attached hydrogens (primary N) is 1. The lowest BCUT2D eigenvalue weighted by Gasteiger charge is -2.36. The second-order valence-electron chi connectivity index (χ2n) is 7.88. The number of hydrogen-bond donors (Lipinski definition) is 1. The molecule has 0 bridgehead atoms. The Morgan fingerprint density at radius 1 is 1.05 bits per heavy atom. The predicted molar refractivity (Wildman–Crippen MR) is 82.2 cm³/mol. The Bertz CT molecular complexity index is 320. The summed E-state index contributed by atoms with van der Waals surface area (Å²) in [5.41, 5.74) is 3.94. The molecule has 120 valence electrons. The zero-order chi connectivity index (χ0) is 16.2. The van der Waals surface area contributed by atoms with Gasteiger partial charge in [0.05, 0.1) is 17.7 Å². The van der Waals surface area contributed by atoms with Gasteiger partial charge in [0.15, 0.2) is 0 Å². The fourth-order valence-electron chi connectivity index (χ4n) is 2.83. The van der Waals surface area contributed by atoms with Crippen LogP contribution in [0.5, 0.6) is 0 Å². The fourth-order valence-corrected chi connectivity index (χ4v) is 2.83. The molecule has 2 N–H and O–H groups in total. The van der Waals surface area contributed by atoms with E-state index in [0.717, 1.165) is 6.42 Å². The lowest BCUT2D eigenvalue weighted by Crippen LogP contribution is -2.41. The van der Waals surface area contributed by atoms with E-state index in [4.69, 9.17) is 15.2 Å². The number of ether oxygens (including phenoxy) is 2. The first kappa shape index (κ1) is 19.4. The largest absolute Gasteiger partial charge is 0.459 e. The maximum atomic E-state index is 12.4. The minimum absolute atomic E-state index is 0.150. The van der Waals surface area contributed by atoms with Gasteiger partial charge in [0.25, 0.3) is 0 Å². The third-order valence-electron chi connectivity index (χ3n) is 3.16. The summed E-state index contributed by atoms with van der Waals surface area (Å²) in [5.74, 6) is 0.301. The molecule has 0 atom stereocenters. The van der Waals surface area contributed by atoms with E-state index >= 15 is 0 Å². The van der Waals surface area contributed by atoms with Crippen molar-refractivity contribution in [1.82, 2.24) is 0 Å². The molecular weight excluding hydrogens is 254 g/mol. The first-order valence-electron chi connectivity index (χ1n) is 7.39. The summed E-state index contributed by atoms with van der Waals surface area (Å²) >= 11 is 0. The quantitative estimate of drug-likeness (QED) is 0.548. The van der Waals surface area contributed by atoms with E-state index in [1.54, 1.807) is 0 Å². The van der Waals surface area contributed by atoms with Gasteiger partial charge in [-0.2, -0.15) is 0 Å². The standard InChI is InChI=1S/C16H33NO3/c1-12(2)9-15(5,6)20-13(18)14(3,4)10-16(7,8)19-11-17/h12H,9-11,17H2,1-8H3. The van der Waals surface area contributed by atoms with E-state index < -0.39 is 16.6 Å². The minimum atomic E-state index is -0.604. The van der Waals surface area contributed by atoms with Crippen LogP contribution in [0.25, 0.3) is 0 Å². The van der Waals surface area contributed by atoms with Crippen molar-refractivity contribution in [2.45, 2.75) is 79.4 Å². The highest BCUT2D eigenvalue weighted by molar-refractivity contribution is 5.76. The molecule has 0 aliphatic carbocycles. The van der Waals surface area contributed by atoms with Crippen LogP contribution in [0.2, 0.25) is 0 Å². The highest BCUT2D eigenvalue weighted by Crippen LogP contribution is 2.33. The SMILES string of the molecule is CC(C)CC(C)(C)OC(=O)C(C)(C)CC(C)(C)OCN. The molecule has 0 heterocycles. The first-order chi connectivity index (χ1) is 8.81.